The third kappa shape index (κ3) is 0.857. The minimum absolute atomic E-state index is 0.636. The Kier molecular flexibility index (Phi) is 1.43. The highest BCUT2D eigenvalue weighted by atomic mass is 15.2. The lowest BCUT2D eigenvalue weighted by atomic mass is 10.2. The zero-order valence-corrected chi connectivity index (χ0v) is 8.57. The molecule has 2 heteroatoms. The molecule has 0 saturated heterocycles. The molecule has 14 heavy (non-hydrogen) atoms. The number of likely N-dealkylation sites (N-methyl/N-ethyl adjacent to an activating group) is 1. The van der Waals surface area contributed by atoms with Gasteiger partial charge in [0.25, 0.3) is 0 Å². The Morgan fingerprint density at radius 3 is 3.07 bits per heavy atom. The second kappa shape index (κ2) is 2.53. The second-order valence-corrected chi connectivity index (χ2v) is 4.14. The number of pyridine rings is 1. The largest absolute Gasteiger partial charge is 0.370 e. The molecule has 72 valence electrons. The molecule has 2 nitrogen and oxygen atoms in total. The van der Waals surface area contributed by atoms with Crippen molar-refractivity contribution in [1.29, 1.82) is 0 Å². The fourth-order valence-corrected chi connectivity index (χ4v) is 2.33. The van der Waals surface area contributed by atoms with E-state index in [1.807, 2.05) is 0 Å². The Hall–Kier alpha value is -1.44. The van der Waals surface area contributed by atoms with Crippen LogP contribution in [0.1, 0.15) is 12.6 Å². The van der Waals surface area contributed by atoms with E-state index < -0.39 is 0 Å². The van der Waals surface area contributed by atoms with Gasteiger partial charge in [-0.25, -0.2) is 0 Å². The van der Waals surface area contributed by atoms with E-state index in [2.05, 4.69) is 53.7 Å². The first-order valence-electron chi connectivity index (χ1n) is 5.09. The number of aromatic nitrogens is 1. The first-order chi connectivity index (χ1) is 6.77. The molecule has 0 amide bonds. The summed E-state index contributed by atoms with van der Waals surface area (Å²) in [7, 11) is 2.18. The maximum absolute atomic E-state index is 2.36. The van der Waals surface area contributed by atoms with Crippen LogP contribution < -0.4 is 4.90 Å². The number of rotatable bonds is 0. The van der Waals surface area contributed by atoms with Gasteiger partial charge in [0.1, 0.15) is 0 Å². The van der Waals surface area contributed by atoms with Gasteiger partial charge >= 0.3 is 0 Å². The molecule has 1 aliphatic heterocycles. The van der Waals surface area contributed by atoms with Crippen molar-refractivity contribution in [2.75, 3.05) is 11.9 Å². The minimum Gasteiger partial charge on any atom is -0.370 e. The molecule has 2 aromatic rings. The van der Waals surface area contributed by atoms with Crippen LogP contribution in [0.3, 0.4) is 0 Å². The molecule has 0 saturated carbocycles. The van der Waals surface area contributed by atoms with Crippen molar-refractivity contribution in [1.82, 2.24) is 4.40 Å². The first kappa shape index (κ1) is 7.92. The summed E-state index contributed by atoms with van der Waals surface area (Å²) in [6, 6.07) is 9.26. The number of anilines is 1. The lowest BCUT2D eigenvalue weighted by molar-refractivity contribution is 0.720. The van der Waals surface area contributed by atoms with E-state index in [1.165, 1.54) is 16.9 Å². The van der Waals surface area contributed by atoms with Gasteiger partial charge < -0.3 is 9.30 Å². The minimum atomic E-state index is 0.636. The second-order valence-electron chi connectivity index (χ2n) is 4.14. The topological polar surface area (TPSA) is 7.65 Å². The van der Waals surface area contributed by atoms with Crippen LogP contribution in [0.15, 0.2) is 30.5 Å². The average Bonchev–Trinajstić information content (AvgIpc) is 2.67. The quantitative estimate of drug-likeness (QED) is 0.612. The highest BCUT2D eigenvalue weighted by Gasteiger charge is 2.25. The zero-order chi connectivity index (χ0) is 9.71. The lowest BCUT2D eigenvalue weighted by Crippen LogP contribution is -2.23. The van der Waals surface area contributed by atoms with E-state index in [0.29, 0.717) is 6.04 Å². The van der Waals surface area contributed by atoms with Gasteiger partial charge in [-0.1, -0.05) is 6.07 Å². The molecule has 0 bridgehead atoms. The van der Waals surface area contributed by atoms with Crippen LogP contribution in [0, 0.1) is 0 Å². The fraction of sp³-hybridized carbons (Fsp3) is 0.333. The molecule has 0 radical (unpaired) electrons. The highest BCUT2D eigenvalue weighted by Crippen LogP contribution is 2.33. The van der Waals surface area contributed by atoms with Crippen LogP contribution >= 0.6 is 0 Å². The molecular weight excluding hydrogens is 172 g/mol. The van der Waals surface area contributed by atoms with E-state index in [-0.39, 0.29) is 0 Å². The number of hydrogen-bond donors (Lipinski definition) is 0. The van der Waals surface area contributed by atoms with Gasteiger partial charge in [-0.15, -0.1) is 0 Å². The van der Waals surface area contributed by atoms with Crippen LogP contribution in [0.4, 0.5) is 5.69 Å². The Morgan fingerprint density at radius 1 is 1.36 bits per heavy atom. The monoisotopic (exact) mass is 186 g/mol. The highest BCUT2D eigenvalue weighted by molar-refractivity contribution is 5.69. The third-order valence-corrected chi connectivity index (χ3v) is 3.29. The summed E-state index contributed by atoms with van der Waals surface area (Å²) in [6.07, 6.45) is 3.31. The van der Waals surface area contributed by atoms with Crippen molar-refractivity contribution < 1.29 is 0 Å². The lowest BCUT2D eigenvalue weighted by Gasteiger charge is -2.17. The Morgan fingerprint density at radius 2 is 2.21 bits per heavy atom. The van der Waals surface area contributed by atoms with Crippen LogP contribution in [-0.2, 0) is 6.42 Å². The average molecular weight is 186 g/mol. The smallest absolute Gasteiger partial charge is 0.0589 e. The van der Waals surface area contributed by atoms with Crippen molar-refractivity contribution in [3.63, 3.8) is 0 Å². The van der Waals surface area contributed by atoms with Crippen molar-refractivity contribution in [3.8, 4) is 0 Å². The fourth-order valence-electron chi connectivity index (χ4n) is 2.33. The molecule has 0 aliphatic carbocycles. The third-order valence-electron chi connectivity index (χ3n) is 3.29. The van der Waals surface area contributed by atoms with E-state index in [9.17, 15) is 0 Å². The van der Waals surface area contributed by atoms with E-state index in [4.69, 9.17) is 0 Å². The predicted octanol–water partition coefficient (Wildman–Crippen LogP) is 2.32. The van der Waals surface area contributed by atoms with Crippen LogP contribution in [0.2, 0.25) is 0 Å². The van der Waals surface area contributed by atoms with Gasteiger partial charge in [-0.3, -0.25) is 0 Å². The molecule has 0 aromatic carbocycles. The van der Waals surface area contributed by atoms with Crippen LogP contribution in [-0.4, -0.2) is 17.5 Å². The Bertz CT molecular complexity index is 484. The molecule has 0 fully saturated rings. The normalized spacial score (nSPS) is 20.4. The Labute approximate surface area is 83.8 Å². The summed E-state index contributed by atoms with van der Waals surface area (Å²) in [5.74, 6) is 0. The van der Waals surface area contributed by atoms with Crippen molar-refractivity contribution in [2.45, 2.75) is 19.4 Å². The van der Waals surface area contributed by atoms with Gasteiger partial charge in [-0.05, 0) is 25.1 Å². The molecule has 1 atom stereocenters. The van der Waals surface area contributed by atoms with E-state index in [1.54, 1.807) is 0 Å². The van der Waals surface area contributed by atoms with Crippen molar-refractivity contribution in [3.05, 3.63) is 36.2 Å². The van der Waals surface area contributed by atoms with Gasteiger partial charge in [0.05, 0.1) is 5.69 Å². The van der Waals surface area contributed by atoms with Crippen molar-refractivity contribution in [2.24, 2.45) is 0 Å². The summed E-state index contributed by atoms with van der Waals surface area (Å²) >= 11 is 0. The molecule has 1 unspecified atom stereocenters. The van der Waals surface area contributed by atoms with Gasteiger partial charge in [0.15, 0.2) is 0 Å². The zero-order valence-electron chi connectivity index (χ0n) is 8.57. The summed E-state index contributed by atoms with van der Waals surface area (Å²) in [5.41, 5.74) is 4.15. The maximum Gasteiger partial charge on any atom is 0.0589 e. The molecule has 3 rings (SSSR count). The van der Waals surface area contributed by atoms with Gasteiger partial charge in [0.2, 0.25) is 0 Å². The maximum atomic E-state index is 2.36. The number of nitrogens with zero attached hydrogens (tertiary/aromatic N) is 2. The molecular formula is C12H14N2. The molecule has 3 heterocycles. The molecule has 2 aromatic heterocycles. The molecule has 0 N–H and O–H groups in total. The van der Waals surface area contributed by atoms with Gasteiger partial charge in [-0.2, -0.15) is 0 Å². The molecule has 0 spiro atoms. The summed E-state index contributed by atoms with van der Waals surface area (Å²) in [4.78, 5) is 2.36. The number of hydrogen-bond acceptors (Lipinski definition) is 1. The van der Waals surface area contributed by atoms with Crippen molar-refractivity contribution >= 4 is 11.2 Å². The Balaban J connectivity index is 2.31. The van der Waals surface area contributed by atoms with Crippen LogP contribution in [0.25, 0.3) is 5.52 Å². The standard InChI is InChI=1S/C12H14N2/c1-9-7-12-11(13(9)2)8-10-5-3-4-6-14(10)12/h3-6,8-9H,7H2,1-2H3. The van der Waals surface area contributed by atoms with E-state index in [0.717, 1.165) is 6.42 Å². The van der Waals surface area contributed by atoms with E-state index >= 15 is 0 Å². The van der Waals surface area contributed by atoms with Crippen LogP contribution in [0.5, 0.6) is 0 Å². The summed E-state index contributed by atoms with van der Waals surface area (Å²) in [6.45, 7) is 2.27. The number of fused-ring (bicyclic) bond motifs is 3. The predicted molar refractivity (Wildman–Crippen MR) is 59.0 cm³/mol. The summed E-state index contributed by atoms with van der Waals surface area (Å²) in [5, 5.41) is 0. The SMILES string of the molecule is CC1Cc2c(cc3ccccn23)N1C. The molecule has 1 aliphatic rings. The van der Waals surface area contributed by atoms with Gasteiger partial charge in [0, 0.05) is 36.9 Å². The summed E-state index contributed by atoms with van der Waals surface area (Å²) < 4.78 is 2.30. The first-order valence-corrected chi connectivity index (χ1v) is 5.09.